The number of nitrogens with one attached hydrogen (secondary N) is 1. The van der Waals surface area contributed by atoms with Crippen molar-refractivity contribution < 1.29 is 4.42 Å². The molecule has 0 fully saturated rings. The van der Waals surface area contributed by atoms with Crippen LogP contribution in [0.15, 0.2) is 22.1 Å². The number of rotatable bonds is 4. The third-order valence-electron chi connectivity index (χ3n) is 1.99. The van der Waals surface area contributed by atoms with E-state index in [4.69, 9.17) is 4.42 Å². The Kier molecular flexibility index (Phi) is 3.76. The highest BCUT2D eigenvalue weighted by Gasteiger charge is 2.07. The van der Waals surface area contributed by atoms with Gasteiger partial charge in [0, 0.05) is 23.9 Å². The monoisotopic (exact) mass is 334 g/mol. The largest absolute Gasteiger partial charge is 0.441 e. The Hall–Kier alpha value is -0.400. The van der Waals surface area contributed by atoms with Crippen LogP contribution in [0.2, 0.25) is 0 Å². The van der Waals surface area contributed by atoms with Crippen LogP contribution < -0.4 is 5.32 Å². The van der Waals surface area contributed by atoms with Crippen LogP contribution in [0.4, 0.5) is 0 Å². The van der Waals surface area contributed by atoms with Crippen molar-refractivity contribution in [2.45, 2.75) is 6.42 Å². The molecular formula is C10H11IN2OS. The van der Waals surface area contributed by atoms with Crippen molar-refractivity contribution in [1.29, 1.82) is 0 Å². The van der Waals surface area contributed by atoms with E-state index < -0.39 is 0 Å². The molecule has 0 saturated heterocycles. The average Bonchev–Trinajstić information content (AvgIpc) is 2.83. The fourth-order valence-electron chi connectivity index (χ4n) is 1.23. The summed E-state index contributed by atoms with van der Waals surface area (Å²) >= 11 is 4.02. The Morgan fingerprint density at radius 2 is 2.47 bits per heavy atom. The topological polar surface area (TPSA) is 38.1 Å². The third-order valence-corrected chi connectivity index (χ3v) is 3.78. The van der Waals surface area contributed by atoms with Gasteiger partial charge in [0.05, 0.1) is 9.08 Å². The van der Waals surface area contributed by atoms with Crippen LogP contribution in [0.25, 0.3) is 11.3 Å². The number of likely N-dealkylation sites (N-methyl/N-ethyl adjacent to an activating group) is 1. The molecule has 1 N–H and O–H groups in total. The minimum atomic E-state index is 0.792. The molecule has 0 bridgehead atoms. The lowest BCUT2D eigenvalue weighted by molar-refractivity contribution is 0.501. The van der Waals surface area contributed by atoms with Gasteiger partial charge in [0.2, 0.25) is 0 Å². The SMILES string of the molecule is CNCCc1ncc(-c2csc(I)c2)o1. The van der Waals surface area contributed by atoms with E-state index in [0.717, 1.165) is 30.2 Å². The molecule has 2 aromatic rings. The minimum absolute atomic E-state index is 0.792. The lowest BCUT2D eigenvalue weighted by Gasteiger charge is -1.93. The van der Waals surface area contributed by atoms with Crippen molar-refractivity contribution in [3.8, 4) is 11.3 Å². The van der Waals surface area contributed by atoms with E-state index in [9.17, 15) is 0 Å². The summed E-state index contributed by atoms with van der Waals surface area (Å²) in [6.45, 7) is 0.890. The molecule has 3 nitrogen and oxygen atoms in total. The first-order chi connectivity index (χ1) is 7.29. The van der Waals surface area contributed by atoms with E-state index in [-0.39, 0.29) is 0 Å². The first-order valence-corrected chi connectivity index (χ1v) is 6.59. The third kappa shape index (κ3) is 2.79. The van der Waals surface area contributed by atoms with E-state index in [1.54, 1.807) is 17.5 Å². The predicted octanol–water partition coefficient (Wildman–Crippen LogP) is 2.77. The van der Waals surface area contributed by atoms with Crippen LogP contribution in [0, 0.1) is 2.88 Å². The van der Waals surface area contributed by atoms with Gasteiger partial charge in [0.25, 0.3) is 0 Å². The Labute approximate surface area is 106 Å². The maximum atomic E-state index is 5.64. The molecule has 0 aromatic carbocycles. The second-order valence-corrected chi connectivity index (χ2v) is 5.92. The first-order valence-electron chi connectivity index (χ1n) is 4.63. The average molecular weight is 334 g/mol. The zero-order chi connectivity index (χ0) is 10.7. The molecular weight excluding hydrogens is 323 g/mol. The van der Waals surface area contributed by atoms with Gasteiger partial charge in [-0.2, -0.15) is 0 Å². The van der Waals surface area contributed by atoms with Crippen LogP contribution in [0.1, 0.15) is 5.89 Å². The molecule has 15 heavy (non-hydrogen) atoms. The highest BCUT2D eigenvalue weighted by molar-refractivity contribution is 14.1. The second-order valence-electron chi connectivity index (χ2n) is 3.11. The van der Waals surface area contributed by atoms with Crippen LogP contribution in [-0.2, 0) is 6.42 Å². The van der Waals surface area contributed by atoms with Gasteiger partial charge in [-0.1, -0.05) is 0 Å². The summed E-state index contributed by atoms with van der Waals surface area (Å²) < 4.78 is 6.90. The summed E-state index contributed by atoms with van der Waals surface area (Å²) in [7, 11) is 1.92. The Balaban J connectivity index is 2.13. The van der Waals surface area contributed by atoms with Crippen molar-refractivity contribution in [1.82, 2.24) is 10.3 Å². The predicted molar refractivity (Wildman–Crippen MR) is 70.2 cm³/mol. The van der Waals surface area contributed by atoms with Crippen molar-refractivity contribution in [2.75, 3.05) is 13.6 Å². The molecule has 80 valence electrons. The van der Waals surface area contributed by atoms with Gasteiger partial charge < -0.3 is 9.73 Å². The second kappa shape index (κ2) is 5.09. The van der Waals surface area contributed by atoms with Gasteiger partial charge in [-0.05, 0) is 35.7 Å². The smallest absolute Gasteiger partial charge is 0.196 e. The van der Waals surface area contributed by atoms with Gasteiger partial charge in [0.1, 0.15) is 0 Å². The number of hydrogen-bond donors (Lipinski definition) is 1. The van der Waals surface area contributed by atoms with Crippen LogP contribution in [0.3, 0.4) is 0 Å². The minimum Gasteiger partial charge on any atom is -0.441 e. The van der Waals surface area contributed by atoms with Gasteiger partial charge in [0.15, 0.2) is 11.7 Å². The standard InChI is InChI=1S/C10H11IN2OS/c1-12-3-2-10-13-5-8(14-10)7-4-9(11)15-6-7/h4-6,12H,2-3H2,1H3. The molecule has 0 saturated carbocycles. The van der Waals surface area contributed by atoms with Crippen LogP contribution in [-0.4, -0.2) is 18.6 Å². The molecule has 0 amide bonds. The number of thiophene rings is 1. The molecule has 2 heterocycles. The van der Waals surface area contributed by atoms with E-state index >= 15 is 0 Å². The molecule has 0 aliphatic heterocycles. The maximum absolute atomic E-state index is 5.64. The number of aromatic nitrogens is 1. The lowest BCUT2D eigenvalue weighted by atomic mass is 10.3. The summed E-state index contributed by atoms with van der Waals surface area (Å²) in [6.07, 6.45) is 2.63. The molecule has 0 atom stereocenters. The number of halogens is 1. The highest BCUT2D eigenvalue weighted by atomic mass is 127. The number of nitrogens with zero attached hydrogens (tertiary/aromatic N) is 1. The van der Waals surface area contributed by atoms with Crippen molar-refractivity contribution >= 4 is 33.9 Å². The van der Waals surface area contributed by atoms with Gasteiger partial charge in [-0.15, -0.1) is 11.3 Å². The summed E-state index contributed by atoms with van der Waals surface area (Å²) in [5.74, 6) is 1.65. The highest BCUT2D eigenvalue weighted by Crippen LogP contribution is 2.27. The molecule has 0 spiro atoms. The first kappa shape index (κ1) is 11.1. The summed E-state index contributed by atoms with van der Waals surface area (Å²) in [5.41, 5.74) is 1.12. The van der Waals surface area contributed by atoms with E-state index in [1.807, 2.05) is 7.05 Å². The molecule has 0 aliphatic rings. The lowest BCUT2D eigenvalue weighted by Crippen LogP contribution is -2.10. The van der Waals surface area contributed by atoms with Crippen molar-refractivity contribution in [3.05, 3.63) is 26.4 Å². The maximum Gasteiger partial charge on any atom is 0.196 e. The number of hydrogen-bond acceptors (Lipinski definition) is 4. The molecule has 0 radical (unpaired) electrons. The summed E-state index contributed by atoms with van der Waals surface area (Å²) in [4.78, 5) is 4.23. The van der Waals surface area contributed by atoms with E-state index in [1.165, 1.54) is 2.88 Å². The van der Waals surface area contributed by atoms with Crippen LogP contribution >= 0.6 is 33.9 Å². The van der Waals surface area contributed by atoms with E-state index in [2.05, 4.69) is 44.3 Å². The summed E-state index contributed by atoms with van der Waals surface area (Å²) in [6, 6.07) is 2.10. The van der Waals surface area contributed by atoms with Crippen LogP contribution in [0.5, 0.6) is 0 Å². The van der Waals surface area contributed by atoms with Gasteiger partial charge in [-0.3, -0.25) is 0 Å². The Bertz CT molecular complexity index is 438. The van der Waals surface area contributed by atoms with Crippen molar-refractivity contribution in [3.63, 3.8) is 0 Å². The molecule has 0 unspecified atom stereocenters. The molecule has 2 aromatic heterocycles. The fourth-order valence-corrected chi connectivity index (χ4v) is 2.57. The molecule has 2 rings (SSSR count). The zero-order valence-corrected chi connectivity index (χ0v) is 11.3. The Morgan fingerprint density at radius 1 is 1.60 bits per heavy atom. The quantitative estimate of drug-likeness (QED) is 0.874. The number of oxazole rings is 1. The zero-order valence-electron chi connectivity index (χ0n) is 8.29. The Morgan fingerprint density at radius 3 is 3.13 bits per heavy atom. The van der Waals surface area contributed by atoms with Gasteiger partial charge >= 0.3 is 0 Å². The van der Waals surface area contributed by atoms with Gasteiger partial charge in [-0.25, -0.2) is 4.98 Å². The summed E-state index contributed by atoms with van der Waals surface area (Å²) in [5, 5.41) is 5.16. The van der Waals surface area contributed by atoms with Crippen molar-refractivity contribution in [2.24, 2.45) is 0 Å². The fraction of sp³-hybridized carbons (Fsp3) is 0.300. The van der Waals surface area contributed by atoms with E-state index in [0.29, 0.717) is 0 Å². The molecule has 0 aliphatic carbocycles. The normalized spacial score (nSPS) is 10.8. The molecule has 5 heteroatoms.